The summed E-state index contributed by atoms with van der Waals surface area (Å²) in [5, 5.41) is 7.61. The van der Waals surface area contributed by atoms with Crippen molar-refractivity contribution < 1.29 is 4.52 Å². The van der Waals surface area contributed by atoms with Gasteiger partial charge in [-0.05, 0) is 31.9 Å². The summed E-state index contributed by atoms with van der Waals surface area (Å²) >= 11 is 0. The van der Waals surface area contributed by atoms with Crippen LogP contribution in [0.1, 0.15) is 30.1 Å². The number of aromatic nitrogens is 1. The minimum atomic E-state index is 0.372. The van der Waals surface area contributed by atoms with Gasteiger partial charge in [-0.15, -0.1) is 0 Å². The summed E-state index contributed by atoms with van der Waals surface area (Å²) in [5.74, 6) is 0.867. The molecule has 1 N–H and O–H groups in total. The van der Waals surface area contributed by atoms with E-state index < -0.39 is 0 Å². The van der Waals surface area contributed by atoms with Gasteiger partial charge in [0, 0.05) is 11.6 Å². The average Bonchev–Trinajstić information content (AvgIpc) is 3.00. The van der Waals surface area contributed by atoms with Crippen molar-refractivity contribution in [3.05, 3.63) is 41.6 Å². The van der Waals surface area contributed by atoms with Gasteiger partial charge in [-0.3, -0.25) is 0 Å². The molecule has 1 aromatic heterocycles. The standard InChI is InChI=1S/C14H16N2O/c1-10-5-2-3-6-11(10)14-9-13(16-17-14)12-7-4-8-15-12/h2-3,5-6,9,12,15H,4,7-8H2,1H3. The van der Waals surface area contributed by atoms with Gasteiger partial charge in [-0.25, -0.2) is 0 Å². The molecule has 3 heteroatoms. The van der Waals surface area contributed by atoms with Gasteiger partial charge in [-0.1, -0.05) is 29.4 Å². The third-order valence-electron chi connectivity index (χ3n) is 3.36. The van der Waals surface area contributed by atoms with E-state index in [1.807, 2.05) is 12.1 Å². The summed E-state index contributed by atoms with van der Waals surface area (Å²) in [6, 6.07) is 10.7. The second-order valence-corrected chi connectivity index (χ2v) is 4.58. The van der Waals surface area contributed by atoms with Crippen molar-refractivity contribution in [2.75, 3.05) is 6.54 Å². The van der Waals surface area contributed by atoms with Crippen LogP contribution >= 0.6 is 0 Å². The topological polar surface area (TPSA) is 38.1 Å². The largest absolute Gasteiger partial charge is 0.356 e. The third-order valence-corrected chi connectivity index (χ3v) is 3.36. The van der Waals surface area contributed by atoms with Crippen LogP contribution < -0.4 is 5.32 Å². The molecule has 17 heavy (non-hydrogen) atoms. The molecule has 3 rings (SSSR count). The van der Waals surface area contributed by atoms with Crippen LogP contribution in [0.25, 0.3) is 11.3 Å². The summed E-state index contributed by atoms with van der Waals surface area (Å²) in [7, 11) is 0. The molecule has 3 nitrogen and oxygen atoms in total. The molecule has 0 saturated carbocycles. The molecule has 2 aromatic rings. The fourth-order valence-corrected chi connectivity index (χ4v) is 2.37. The Morgan fingerprint density at radius 3 is 3.00 bits per heavy atom. The molecule has 1 saturated heterocycles. The van der Waals surface area contributed by atoms with E-state index in [1.165, 1.54) is 12.0 Å². The Balaban J connectivity index is 1.92. The van der Waals surface area contributed by atoms with E-state index in [0.29, 0.717) is 6.04 Å². The minimum Gasteiger partial charge on any atom is -0.356 e. The fraction of sp³-hybridized carbons (Fsp3) is 0.357. The lowest BCUT2D eigenvalue weighted by atomic mass is 10.1. The van der Waals surface area contributed by atoms with Crippen molar-refractivity contribution in [1.29, 1.82) is 0 Å². The maximum Gasteiger partial charge on any atom is 0.167 e. The normalized spacial score (nSPS) is 19.7. The highest BCUT2D eigenvalue weighted by Gasteiger charge is 2.20. The maximum atomic E-state index is 5.45. The predicted molar refractivity (Wildman–Crippen MR) is 66.7 cm³/mol. The number of benzene rings is 1. The highest BCUT2D eigenvalue weighted by atomic mass is 16.5. The summed E-state index contributed by atoms with van der Waals surface area (Å²) in [5.41, 5.74) is 3.37. The molecular weight excluding hydrogens is 212 g/mol. The van der Waals surface area contributed by atoms with Crippen molar-refractivity contribution >= 4 is 0 Å². The molecule has 1 aliphatic rings. The van der Waals surface area contributed by atoms with Gasteiger partial charge in [0.25, 0.3) is 0 Å². The van der Waals surface area contributed by atoms with E-state index in [-0.39, 0.29) is 0 Å². The van der Waals surface area contributed by atoms with E-state index in [1.54, 1.807) is 0 Å². The van der Waals surface area contributed by atoms with Gasteiger partial charge in [-0.2, -0.15) is 0 Å². The molecule has 0 spiro atoms. The SMILES string of the molecule is Cc1ccccc1-c1cc(C2CCCN2)no1. The van der Waals surface area contributed by atoms with Crippen LogP contribution in [0.15, 0.2) is 34.9 Å². The van der Waals surface area contributed by atoms with E-state index in [0.717, 1.165) is 30.0 Å². The zero-order chi connectivity index (χ0) is 11.7. The molecule has 88 valence electrons. The molecule has 0 radical (unpaired) electrons. The van der Waals surface area contributed by atoms with Gasteiger partial charge in [0.2, 0.25) is 0 Å². The van der Waals surface area contributed by atoms with Crippen molar-refractivity contribution in [3.8, 4) is 11.3 Å². The lowest BCUT2D eigenvalue weighted by Crippen LogP contribution is -2.12. The van der Waals surface area contributed by atoms with Crippen molar-refractivity contribution in [1.82, 2.24) is 10.5 Å². The van der Waals surface area contributed by atoms with Crippen LogP contribution in [0.2, 0.25) is 0 Å². The van der Waals surface area contributed by atoms with E-state index in [2.05, 4.69) is 35.6 Å². The van der Waals surface area contributed by atoms with E-state index in [4.69, 9.17) is 4.52 Å². The molecule has 1 aliphatic heterocycles. The molecule has 0 amide bonds. The summed E-state index contributed by atoms with van der Waals surface area (Å²) in [6.45, 7) is 3.17. The van der Waals surface area contributed by atoms with Gasteiger partial charge >= 0.3 is 0 Å². The van der Waals surface area contributed by atoms with Gasteiger partial charge in [0.15, 0.2) is 5.76 Å². The third kappa shape index (κ3) is 1.98. The maximum absolute atomic E-state index is 5.45. The minimum absolute atomic E-state index is 0.372. The average molecular weight is 228 g/mol. The van der Waals surface area contributed by atoms with Crippen LogP contribution in [-0.4, -0.2) is 11.7 Å². The molecule has 1 aromatic carbocycles. The Hall–Kier alpha value is -1.61. The van der Waals surface area contributed by atoms with Crippen LogP contribution in [0.3, 0.4) is 0 Å². The smallest absolute Gasteiger partial charge is 0.167 e. The Morgan fingerprint density at radius 2 is 2.24 bits per heavy atom. The number of nitrogens with zero attached hydrogens (tertiary/aromatic N) is 1. The van der Waals surface area contributed by atoms with Gasteiger partial charge in [0.05, 0.1) is 6.04 Å². The van der Waals surface area contributed by atoms with Crippen LogP contribution in [0, 0.1) is 6.92 Å². The zero-order valence-electron chi connectivity index (χ0n) is 9.94. The molecule has 0 bridgehead atoms. The highest BCUT2D eigenvalue weighted by molar-refractivity contribution is 5.61. The Bertz CT molecular complexity index is 512. The van der Waals surface area contributed by atoms with Gasteiger partial charge < -0.3 is 9.84 Å². The summed E-state index contributed by atoms with van der Waals surface area (Å²) in [6.07, 6.45) is 2.37. The van der Waals surface area contributed by atoms with Crippen LogP contribution in [-0.2, 0) is 0 Å². The first-order valence-electron chi connectivity index (χ1n) is 6.10. The number of rotatable bonds is 2. The number of aryl methyl sites for hydroxylation is 1. The Labute approximate surface area is 101 Å². The predicted octanol–water partition coefficient (Wildman–Crippen LogP) is 3.07. The number of hydrogen-bond donors (Lipinski definition) is 1. The number of nitrogens with one attached hydrogen (secondary N) is 1. The molecule has 1 unspecified atom stereocenters. The summed E-state index contributed by atoms with van der Waals surface area (Å²) in [4.78, 5) is 0. The molecule has 2 heterocycles. The van der Waals surface area contributed by atoms with Gasteiger partial charge in [0.1, 0.15) is 5.69 Å². The first-order valence-corrected chi connectivity index (χ1v) is 6.10. The highest BCUT2D eigenvalue weighted by Crippen LogP contribution is 2.28. The first-order chi connectivity index (χ1) is 8.34. The Kier molecular flexibility index (Phi) is 2.69. The molecule has 0 aliphatic carbocycles. The quantitative estimate of drug-likeness (QED) is 0.858. The van der Waals surface area contributed by atoms with E-state index >= 15 is 0 Å². The fourth-order valence-electron chi connectivity index (χ4n) is 2.37. The zero-order valence-corrected chi connectivity index (χ0v) is 9.94. The molecule has 1 fully saturated rings. The monoisotopic (exact) mass is 228 g/mol. The lowest BCUT2D eigenvalue weighted by Gasteiger charge is -2.03. The van der Waals surface area contributed by atoms with Crippen molar-refractivity contribution in [2.45, 2.75) is 25.8 Å². The second kappa shape index (κ2) is 4.34. The lowest BCUT2D eigenvalue weighted by molar-refractivity contribution is 0.412. The molecule has 1 atom stereocenters. The van der Waals surface area contributed by atoms with Crippen LogP contribution in [0.5, 0.6) is 0 Å². The number of hydrogen-bond acceptors (Lipinski definition) is 3. The summed E-state index contributed by atoms with van der Waals surface area (Å²) < 4.78 is 5.45. The first kappa shape index (κ1) is 10.5. The Morgan fingerprint density at radius 1 is 1.35 bits per heavy atom. The van der Waals surface area contributed by atoms with Crippen LogP contribution in [0.4, 0.5) is 0 Å². The van der Waals surface area contributed by atoms with Crippen molar-refractivity contribution in [3.63, 3.8) is 0 Å². The second-order valence-electron chi connectivity index (χ2n) is 4.58. The van der Waals surface area contributed by atoms with Crippen molar-refractivity contribution in [2.24, 2.45) is 0 Å². The molecular formula is C14H16N2O. The van der Waals surface area contributed by atoms with E-state index in [9.17, 15) is 0 Å².